The largest absolute Gasteiger partial charge is 0.435 e. The van der Waals surface area contributed by atoms with E-state index in [2.05, 4.69) is 28.9 Å². The molecule has 1 N–H and O–H groups in total. The Balaban J connectivity index is 2.68. The van der Waals surface area contributed by atoms with E-state index in [9.17, 15) is 8.78 Å². The molecule has 0 aliphatic carbocycles. The molecule has 2 aromatic rings. The molecule has 0 atom stereocenters. The summed E-state index contributed by atoms with van der Waals surface area (Å²) in [6, 6.07) is 4.86. The van der Waals surface area contributed by atoms with Crippen molar-refractivity contribution < 1.29 is 13.5 Å². The van der Waals surface area contributed by atoms with Crippen LogP contribution in [0.2, 0.25) is 0 Å². The minimum absolute atomic E-state index is 0.150. The molecule has 2 rings (SSSR count). The van der Waals surface area contributed by atoms with E-state index in [1.165, 1.54) is 6.07 Å². The Hall–Kier alpha value is -1.91. The van der Waals surface area contributed by atoms with Crippen LogP contribution in [0.25, 0.3) is 10.9 Å². The van der Waals surface area contributed by atoms with Crippen LogP contribution in [0.4, 0.5) is 14.5 Å². The van der Waals surface area contributed by atoms with Crippen molar-refractivity contribution in [1.29, 1.82) is 0 Å². The van der Waals surface area contributed by atoms with E-state index in [0.29, 0.717) is 0 Å². The van der Waals surface area contributed by atoms with Crippen LogP contribution in [0, 0.1) is 6.92 Å². The highest BCUT2D eigenvalue weighted by molar-refractivity contribution is 5.94. The molecule has 0 aliphatic heterocycles. The molecule has 0 unspecified atom stereocenters. The van der Waals surface area contributed by atoms with Gasteiger partial charge in [0.05, 0.1) is 5.52 Å². The molecule has 114 valence electrons. The van der Waals surface area contributed by atoms with Crippen LogP contribution < -0.4 is 10.1 Å². The summed E-state index contributed by atoms with van der Waals surface area (Å²) in [6.07, 6.45) is 0. The van der Waals surface area contributed by atoms with Gasteiger partial charge in [0.1, 0.15) is 5.75 Å². The number of fused-ring (bicyclic) bond motifs is 1. The van der Waals surface area contributed by atoms with E-state index < -0.39 is 6.61 Å². The van der Waals surface area contributed by atoms with Gasteiger partial charge in [0.2, 0.25) is 0 Å². The Morgan fingerprint density at radius 1 is 1.29 bits per heavy atom. The summed E-state index contributed by atoms with van der Waals surface area (Å²) in [6.45, 7) is 6.09. The number of rotatable bonds is 5. The summed E-state index contributed by atoms with van der Waals surface area (Å²) in [5.41, 5.74) is 3.79. The lowest BCUT2D eigenvalue weighted by molar-refractivity contribution is -0.0497. The molecule has 1 aromatic heterocycles. The van der Waals surface area contributed by atoms with Gasteiger partial charge in [-0.05, 0) is 43.5 Å². The molecule has 0 amide bonds. The molecule has 21 heavy (non-hydrogen) atoms. The lowest BCUT2D eigenvalue weighted by Gasteiger charge is -2.19. The number of aryl methyl sites for hydroxylation is 1. The molecular weight excluding hydrogens is 274 g/mol. The predicted molar refractivity (Wildman–Crippen MR) is 81.4 cm³/mol. The molecule has 1 heterocycles. The molecule has 0 saturated heterocycles. The minimum Gasteiger partial charge on any atom is -0.435 e. The normalized spacial score (nSPS) is 11.4. The maximum atomic E-state index is 12.4. The van der Waals surface area contributed by atoms with Crippen LogP contribution in [0.3, 0.4) is 0 Å². The third-order valence-electron chi connectivity index (χ3n) is 3.34. The Morgan fingerprint density at radius 2 is 2.00 bits per heavy atom. The molecule has 5 heteroatoms. The molecular formula is C16H20F2N2O. The van der Waals surface area contributed by atoms with Gasteiger partial charge in [0.15, 0.2) is 0 Å². The third-order valence-corrected chi connectivity index (χ3v) is 3.34. The van der Waals surface area contributed by atoms with Crippen molar-refractivity contribution in [1.82, 2.24) is 4.98 Å². The number of anilines is 1. The monoisotopic (exact) mass is 294 g/mol. The van der Waals surface area contributed by atoms with Crippen LogP contribution in [0.15, 0.2) is 18.2 Å². The number of pyridine rings is 1. The molecule has 0 aliphatic rings. The predicted octanol–water partition coefficient (Wildman–Crippen LogP) is 4.70. The SMILES string of the molecule is CCNc1c(C(C)C)c(C)nc2ccc(OC(F)F)cc12. The first-order valence-electron chi connectivity index (χ1n) is 7.07. The van der Waals surface area contributed by atoms with Crippen LogP contribution in [0.5, 0.6) is 5.75 Å². The van der Waals surface area contributed by atoms with Gasteiger partial charge in [-0.3, -0.25) is 4.98 Å². The van der Waals surface area contributed by atoms with E-state index in [-0.39, 0.29) is 11.7 Å². The van der Waals surface area contributed by atoms with E-state index >= 15 is 0 Å². The molecule has 0 bridgehead atoms. The fraction of sp³-hybridized carbons (Fsp3) is 0.438. The molecule has 3 nitrogen and oxygen atoms in total. The zero-order chi connectivity index (χ0) is 15.6. The second kappa shape index (κ2) is 6.24. The zero-order valence-corrected chi connectivity index (χ0v) is 12.7. The summed E-state index contributed by atoms with van der Waals surface area (Å²) in [5.74, 6) is 0.438. The van der Waals surface area contributed by atoms with Crippen molar-refractivity contribution in [2.75, 3.05) is 11.9 Å². The number of benzene rings is 1. The second-order valence-corrected chi connectivity index (χ2v) is 5.23. The van der Waals surface area contributed by atoms with Crippen molar-refractivity contribution in [3.05, 3.63) is 29.5 Å². The molecule has 0 radical (unpaired) electrons. The Labute approximate surface area is 123 Å². The van der Waals surface area contributed by atoms with Crippen molar-refractivity contribution in [2.24, 2.45) is 0 Å². The van der Waals surface area contributed by atoms with Gasteiger partial charge in [-0.15, -0.1) is 0 Å². The van der Waals surface area contributed by atoms with Gasteiger partial charge < -0.3 is 10.1 Å². The molecule has 0 fully saturated rings. The van der Waals surface area contributed by atoms with E-state index in [1.54, 1.807) is 12.1 Å². The molecule has 1 aromatic carbocycles. The van der Waals surface area contributed by atoms with Gasteiger partial charge in [-0.2, -0.15) is 8.78 Å². The number of hydrogen-bond acceptors (Lipinski definition) is 3. The minimum atomic E-state index is -2.83. The number of nitrogens with one attached hydrogen (secondary N) is 1. The van der Waals surface area contributed by atoms with Crippen LogP contribution in [0.1, 0.15) is 37.9 Å². The summed E-state index contributed by atoms with van der Waals surface area (Å²) >= 11 is 0. The standard InChI is InChI=1S/C16H20F2N2O/c1-5-19-15-12-8-11(21-16(17)18)6-7-13(12)20-10(4)14(15)9(2)3/h6-9,16H,5H2,1-4H3,(H,19,20). The first kappa shape index (κ1) is 15.5. The number of nitrogens with zero attached hydrogens (tertiary/aromatic N) is 1. The zero-order valence-electron chi connectivity index (χ0n) is 12.7. The van der Waals surface area contributed by atoms with Crippen LogP contribution in [-0.2, 0) is 0 Å². The lowest BCUT2D eigenvalue weighted by atomic mass is 9.96. The first-order valence-corrected chi connectivity index (χ1v) is 7.07. The third kappa shape index (κ3) is 3.23. The van der Waals surface area contributed by atoms with Gasteiger partial charge in [0.25, 0.3) is 0 Å². The highest BCUT2D eigenvalue weighted by atomic mass is 19.3. The molecule has 0 saturated carbocycles. The number of ether oxygens (including phenoxy) is 1. The Morgan fingerprint density at radius 3 is 2.57 bits per heavy atom. The lowest BCUT2D eigenvalue weighted by Crippen LogP contribution is -2.07. The van der Waals surface area contributed by atoms with Gasteiger partial charge in [-0.1, -0.05) is 13.8 Å². The van der Waals surface area contributed by atoms with E-state index in [0.717, 1.165) is 34.4 Å². The summed E-state index contributed by atoms with van der Waals surface area (Å²) < 4.78 is 29.3. The van der Waals surface area contributed by atoms with E-state index in [4.69, 9.17) is 0 Å². The maximum absolute atomic E-state index is 12.4. The van der Waals surface area contributed by atoms with Crippen molar-refractivity contribution in [2.45, 2.75) is 40.2 Å². The van der Waals surface area contributed by atoms with Gasteiger partial charge >= 0.3 is 6.61 Å². The quantitative estimate of drug-likeness (QED) is 0.868. The van der Waals surface area contributed by atoms with Crippen molar-refractivity contribution in [3.63, 3.8) is 0 Å². The van der Waals surface area contributed by atoms with E-state index in [1.807, 2.05) is 13.8 Å². The van der Waals surface area contributed by atoms with Gasteiger partial charge in [-0.25, -0.2) is 0 Å². The van der Waals surface area contributed by atoms with Crippen molar-refractivity contribution >= 4 is 16.6 Å². The number of alkyl halides is 2. The fourth-order valence-corrected chi connectivity index (χ4v) is 2.63. The van der Waals surface area contributed by atoms with Crippen molar-refractivity contribution in [3.8, 4) is 5.75 Å². The summed E-state index contributed by atoms with van der Waals surface area (Å²) in [5, 5.41) is 4.15. The highest BCUT2D eigenvalue weighted by Gasteiger charge is 2.16. The topological polar surface area (TPSA) is 34.2 Å². The van der Waals surface area contributed by atoms with Gasteiger partial charge in [0, 0.05) is 23.3 Å². The Bertz CT molecular complexity index is 642. The Kier molecular flexibility index (Phi) is 4.60. The van der Waals surface area contributed by atoms with Crippen LogP contribution >= 0.6 is 0 Å². The smallest absolute Gasteiger partial charge is 0.387 e. The second-order valence-electron chi connectivity index (χ2n) is 5.23. The number of halogens is 2. The number of hydrogen-bond donors (Lipinski definition) is 1. The summed E-state index contributed by atoms with van der Waals surface area (Å²) in [4.78, 5) is 4.58. The average molecular weight is 294 g/mol. The molecule has 0 spiro atoms. The highest BCUT2D eigenvalue weighted by Crippen LogP contribution is 2.35. The maximum Gasteiger partial charge on any atom is 0.387 e. The van der Waals surface area contributed by atoms with Crippen LogP contribution in [-0.4, -0.2) is 18.1 Å². The first-order chi connectivity index (χ1) is 9.93. The summed E-state index contributed by atoms with van der Waals surface area (Å²) in [7, 11) is 0. The number of aromatic nitrogens is 1. The average Bonchev–Trinajstić information content (AvgIpc) is 2.38. The fourth-order valence-electron chi connectivity index (χ4n) is 2.63.